The summed E-state index contributed by atoms with van der Waals surface area (Å²) < 4.78 is 0. The van der Waals surface area contributed by atoms with Gasteiger partial charge in [0.1, 0.15) is 18.6 Å². The highest BCUT2D eigenvalue weighted by Crippen LogP contribution is 2.23. The lowest BCUT2D eigenvalue weighted by atomic mass is 10.4. The third kappa shape index (κ3) is 3.06. The van der Waals surface area contributed by atoms with Crippen LogP contribution in [-0.4, -0.2) is 27.5 Å². The van der Waals surface area contributed by atoms with E-state index in [1.807, 2.05) is 0 Å². The molecule has 2 N–H and O–H groups in total. The Kier molecular flexibility index (Phi) is 3.40. The van der Waals surface area contributed by atoms with Crippen LogP contribution in [0.2, 0.25) is 5.02 Å². The quantitative estimate of drug-likeness (QED) is 0.595. The molecule has 7 nitrogen and oxygen atoms in total. The highest BCUT2D eigenvalue weighted by atomic mass is 35.5. The minimum Gasteiger partial charge on any atom is -0.480 e. The first kappa shape index (κ1) is 11.2. The molecule has 0 radical (unpaired) electrons. The molecule has 0 fully saturated rings. The molecule has 1 aromatic heterocycles. The molecule has 0 aliphatic rings. The van der Waals surface area contributed by atoms with Crippen LogP contribution in [0.25, 0.3) is 0 Å². The van der Waals surface area contributed by atoms with E-state index in [9.17, 15) is 14.9 Å². The molecule has 0 spiro atoms. The molecule has 0 atom stereocenters. The van der Waals surface area contributed by atoms with Gasteiger partial charge in [0.15, 0.2) is 0 Å². The molecule has 0 aromatic carbocycles. The maximum Gasteiger partial charge on any atom is 0.322 e. The van der Waals surface area contributed by atoms with Crippen LogP contribution in [0.5, 0.6) is 0 Å². The van der Waals surface area contributed by atoms with E-state index in [0.717, 1.165) is 12.3 Å². The predicted octanol–water partition coefficient (Wildman–Crippen LogP) is 1.14. The standard InChI is InChI=1S/C7H6ClN3O4/c8-5-1-4(11(14)15)2-9-7(5)10-3-6(12)13/h1-2H,3H2,(H,9,10)(H,12,13). The fourth-order valence-electron chi connectivity index (χ4n) is 0.817. The number of pyridine rings is 1. The normalized spacial score (nSPS) is 9.67. The minimum absolute atomic E-state index is 0.00505. The Hall–Kier alpha value is -1.89. The smallest absolute Gasteiger partial charge is 0.322 e. The Labute approximate surface area is 88.8 Å². The molecule has 0 saturated carbocycles. The highest BCUT2D eigenvalue weighted by Gasteiger charge is 2.11. The van der Waals surface area contributed by atoms with Crippen molar-refractivity contribution in [3.05, 3.63) is 27.4 Å². The number of hydrogen-bond acceptors (Lipinski definition) is 5. The van der Waals surface area contributed by atoms with Gasteiger partial charge in [0.2, 0.25) is 0 Å². The molecule has 0 unspecified atom stereocenters. The van der Waals surface area contributed by atoms with Crippen molar-refractivity contribution in [3.8, 4) is 0 Å². The fourth-order valence-corrected chi connectivity index (χ4v) is 1.04. The Bertz CT molecular complexity index is 409. The number of nitro groups is 1. The van der Waals surface area contributed by atoms with Crippen LogP contribution in [0.4, 0.5) is 11.5 Å². The molecule has 8 heteroatoms. The predicted molar refractivity (Wildman–Crippen MR) is 52.0 cm³/mol. The van der Waals surface area contributed by atoms with Crippen molar-refractivity contribution in [2.24, 2.45) is 0 Å². The number of nitrogens with zero attached hydrogens (tertiary/aromatic N) is 2. The first-order valence-corrected chi connectivity index (χ1v) is 4.14. The van der Waals surface area contributed by atoms with E-state index in [0.29, 0.717) is 0 Å². The third-order valence-corrected chi connectivity index (χ3v) is 1.73. The summed E-state index contributed by atoms with van der Waals surface area (Å²) in [7, 11) is 0. The van der Waals surface area contributed by atoms with Gasteiger partial charge in [0.05, 0.1) is 9.95 Å². The van der Waals surface area contributed by atoms with Gasteiger partial charge in [-0.15, -0.1) is 0 Å². The van der Waals surface area contributed by atoms with Gasteiger partial charge in [0, 0.05) is 6.07 Å². The SMILES string of the molecule is O=C(O)CNc1ncc([N+](=O)[O-])cc1Cl. The summed E-state index contributed by atoms with van der Waals surface area (Å²) in [6.45, 7) is -0.357. The maximum atomic E-state index is 10.3. The van der Waals surface area contributed by atoms with Crippen LogP contribution in [-0.2, 0) is 4.79 Å². The Morgan fingerprint density at radius 2 is 2.40 bits per heavy atom. The fraction of sp³-hybridized carbons (Fsp3) is 0.143. The molecular formula is C7H6ClN3O4. The summed E-state index contributed by atoms with van der Waals surface area (Å²) in [6.07, 6.45) is 0.996. The van der Waals surface area contributed by atoms with E-state index in [2.05, 4.69) is 10.3 Å². The molecule has 1 rings (SSSR count). The zero-order valence-electron chi connectivity index (χ0n) is 7.31. The summed E-state index contributed by atoms with van der Waals surface area (Å²) in [5, 5.41) is 21.1. The summed E-state index contributed by atoms with van der Waals surface area (Å²) in [4.78, 5) is 23.5. The second kappa shape index (κ2) is 4.56. The molecule has 0 aliphatic carbocycles. The van der Waals surface area contributed by atoms with Crippen molar-refractivity contribution in [3.63, 3.8) is 0 Å². The van der Waals surface area contributed by atoms with E-state index in [1.165, 1.54) is 0 Å². The lowest BCUT2D eigenvalue weighted by Gasteiger charge is -2.03. The number of carbonyl (C=O) groups is 1. The average Bonchev–Trinajstić information content (AvgIpc) is 2.15. The van der Waals surface area contributed by atoms with Gasteiger partial charge in [0.25, 0.3) is 5.69 Å². The van der Waals surface area contributed by atoms with E-state index in [4.69, 9.17) is 16.7 Å². The number of halogens is 1. The van der Waals surface area contributed by atoms with Crippen LogP contribution in [0.3, 0.4) is 0 Å². The van der Waals surface area contributed by atoms with Crippen molar-refractivity contribution < 1.29 is 14.8 Å². The second-order valence-electron chi connectivity index (χ2n) is 2.53. The number of hydrogen-bond donors (Lipinski definition) is 2. The van der Waals surface area contributed by atoms with Crippen LogP contribution >= 0.6 is 11.6 Å². The minimum atomic E-state index is -1.08. The van der Waals surface area contributed by atoms with Crippen molar-refractivity contribution in [2.45, 2.75) is 0 Å². The molecule has 0 aliphatic heterocycles. The Morgan fingerprint density at radius 3 is 2.87 bits per heavy atom. The number of nitrogens with one attached hydrogen (secondary N) is 1. The lowest BCUT2D eigenvalue weighted by Crippen LogP contribution is -2.13. The van der Waals surface area contributed by atoms with Crippen LogP contribution < -0.4 is 5.32 Å². The largest absolute Gasteiger partial charge is 0.480 e. The number of anilines is 1. The first-order chi connectivity index (χ1) is 7.00. The number of carboxylic acid groups (broad SMARTS) is 1. The molecule has 1 aromatic rings. The number of rotatable bonds is 4. The van der Waals surface area contributed by atoms with E-state index < -0.39 is 10.9 Å². The monoisotopic (exact) mass is 231 g/mol. The van der Waals surface area contributed by atoms with Crippen LogP contribution in [0.1, 0.15) is 0 Å². The van der Waals surface area contributed by atoms with Gasteiger partial charge in [-0.05, 0) is 0 Å². The summed E-state index contributed by atoms with van der Waals surface area (Å²) >= 11 is 5.63. The van der Waals surface area contributed by atoms with Gasteiger partial charge in [-0.2, -0.15) is 0 Å². The Balaban J connectivity index is 2.83. The van der Waals surface area contributed by atoms with Crippen molar-refractivity contribution in [1.82, 2.24) is 4.98 Å². The van der Waals surface area contributed by atoms with Gasteiger partial charge in [-0.3, -0.25) is 14.9 Å². The Morgan fingerprint density at radius 1 is 1.73 bits per heavy atom. The van der Waals surface area contributed by atoms with Gasteiger partial charge in [-0.1, -0.05) is 11.6 Å². The van der Waals surface area contributed by atoms with E-state index in [-0.39, 0.29) is 23.1 Å². The maximum absolute atomic E-state index is 10.3. The average molecular weight is 232 g/mol. The molecule has 80 valence electrons. The molecule has 0 bridgehead atoms. The second-order valence-corrected chi connectivity index (χ2v) is 2.94. The van der Waals surface area contributed by atoms with E-state index >= 15 is 0 Å². The van der Waals surface area contributed by atoms with Crippen LogP contribution in [0.15, 0.2) is 12.3 Å². The molecule has 0 amide bonds. The van der Waals surface area contributed by atoms with Crippen molar-refractivity contribution in [2.75, 3.05) is 11.9 Å². The molecule has 1 heterocycles. The summed E-state index contributed by atoms with van der Waals surface area (Å²) in [6, 6.07) is 1.10. The highest BCUT2D eigenvalue weighted by molar-refractivity contribution is 6.33. The van der Waals surface area contributed by atoms with Gasteiger partial charge < -0.3 is 10.4 Å². The molecular weight excluding hydrogens is 226 g/mol. The zero-order valence-corrected chi connectivity index (χ0v) is 8.06. The number of aromatic nitrogens is 1. The van der Waals surface area contributed by atoms with Crippen LogP contribution in [0, 0.1) is 10.1 Å². The lowest BCUT2D eigenvalue weighted by molar-refractivity contribution is -0.385. The van der Waals surface area contributed by atoms with Gasteiger partial charge >= 0.3 is 5.97 Å². The summed E-state index contributed by atoms with van der Waals surface area (Å²) in [5.41, 5.74) is -0.249. The number of carboxylic acids is 1. The van der Waals surface area contributed by atoms with Gasteiger partial charge in [-0.25, -0.2) is 4.98 Å². The number of aliphatic carboxylic acids is 1. The topological polar surface area (TPSA) is 105 Å². The zero-order chi connectivity index (χ0) is 11.4. The first-order valence-electron chi connectivity index (χ1n) is 3.76. The summed E-state index contributed by atoms with van der Waals surface area (Å²) in [5.74, 6) is -0.976. The van der Waals surface area contributed by atoms with Crippen molar-refractivity contribution >= 4 is 29.1 Å². The van der Waals surface area contributed by atoms with E-state index in [1.54, 1.807) is 0 Å². The third-order valence-electron chi connectivity index (χ3n) is 1.44. The van der Waals surface area contributed by atoms with Crippen molar-refractivity contribution in [1.29, 1.82) is 0 Å². The molecule has 0 saturated heterocycles. The molecule has 15 heavy (non-hydrogen) atoms.